The van der Waals surface area contributed by atoms with E-state index in [9.17, 15) is 4.39 Å². The number of nitrogens with one attached hydrogen (secondary N) is 1. The van der Waals surface area contributed by atoms with Gasteiger partial charge in [0.2, 0.25) is 0 Å². The predicted molar refractivity (Wildman–Crippen MR) is 81.0 cm³/mol. The number of halogens is 1. The molecule has 0 atom stereocenters. The van der Waals surface area contributed by atoms with Crippen molar-refractivity contribution in [3.8, 4) is 5.75 Å². The number of nitrogen functional groups attached to an aromatic ring is 1. The molecule has 0 aromatic heterocycles. The Morgan fingerprint density at radius 2 is 1.95 bits per heavy atom. The summed E-state index contributed by atoms with van der Waals surface area (Å²) in [5.41, 5.74) is 8.47. The number of hydrogen-bond donors (Lipinski definition) is 2. The summed E-state index contributed by atoms with van der Waals surface area (Å²) in [4.78, 5) is 0. The first-order valence-electron chi connectivity index (χ1n) is 6.55. The van der Waals surface area contributed by atoms with Gasteiger partial charge in [0.15, 0.2) is 0 Å². The maximum absolute atomic E-state index is 13.8. The highest BCUT2D eigenvalue weighted by Crippen LogP contribution is 2.30. The van der Waals surface area contributed by atoms with Crippen molar-refractivity contribution in [2.24, 2.45) is 0 Å². The molecular formula is C16H19FN2O. The lowest BCUT2D eigenvalue weighted by molar-refractivity contribution is 0.244. The zero-order valence-corrected chi connectivity index (χ0v) is 11.9. The Kier molecular flexibility index (Phi) is 4.13. The van der Waals surface area contributed by atoms with Crippen LogP contribution in [0.3, 0.4) is 0 Å². The lowest BCUT2D eigenvalue weighted by Gasteiger charge is -2.15. The molecule has 0 aliphatic rings. The zero-order valence-electron chi connectivity index (χ0n) is 11.9. The van der Waals surface area contributed by atoms with Gasteiger partial charge in [0.1, 0.15) is 11.6 Å². The van der Waals surface area contributed by atoms with Crippen LogP contribution in [0.4, 0.5) is 21.5 Å². The molecule has 0 fully saturated rings. The monoisotopic (exact) mass is 274 g/mol. The first-order chi connectivity index (χ1) is 9.47. The highest BCUT2D eigenvalue weighted by Gasteiger charge is 2.08. The van der Waals surface area contributed by atoms with Gasteiger partial charge in [-0.1, -0.05) is 12.1 Å². The van der Waals surface area contributed by atoms with Crippen molar-refractivity contribution in [1.82, 2.24) is 0 Å². The van der Waals surface area contributed by atoms with E-state index < -0.39 is 0 Å². The molecule has 2 aromatic carbocycles. The van der Waals surface area contributed by atoms with Crippen molar-refractivity contribution in [2.45, 2.75) is 26.9 Å². The molecule has 106 valence electrons. The first-order valence-corrected chi connectivity index (χ1v) is 6.55. The van der Waals surface area contributed by atoms with E-state index in [2.05, 4.69) is 5.32 Å². The summed E-state index contributed by atoms with van der Waals surface area (Å²) >= 11 is 0. The third-order valence-electron chi connectivity index (χ3n) is 2.87. The lowest BCUT2D eigenvalue weighted by Crippen LogP contribution is -2.08. The quantitative estimate of drug-likeness (QED) is 0.819. The highest BCUT2D eigenvalue weighted by atomic mass is 19.1. The Labute approximate surface area is 118 Å². The minimum atomic E-state index is -0.284. The van der Waals surface area contributed by atoms with E-state index in [1.807, 2.05) is 26.8 Å². The fourth-order valence-electron chi connectivity index (χ4n) is 1.90. The van der Waals surface area contributed by atoms with Gasteiger partial charge in [-0.2, -0.15) is 0 Å². The van der Waals surface area contributed by atoms with Crippen molar-refractivity contribution in [3.63, 3.8) is 0 Å². The number of aryl methyl sites for hydroxylation is 1. The SMILES string of the molecule is Cc1cccc(F)c1Nc1ccc(N)c(OC(C)C)c1. The molecule has 0 aliphatic heterocycles. The molecule has 0 aliphatic carbocycles. The van der Waals surface area contributed by atoms with Gasteiger partial charge in [0.05, 0.1) is 17.5 Å². The van der Waals surface area contributed by atoms with E-state index in [-0.39, 0.29) is 11.9 Å². The molecule has 0 unspecified atom stereocenters. The maximum Gasteiger partial charge on any atom is 0.146 e. The normalized spacial score (nSPS) is 10.7. The first kappa shape index (κ1) is 14.2. The van der Waals surface area contributed by atoms with E-state index in [1.165, 1.54) is 6.07 Å². The van der Waals surface area contributed by atoms with Crippen LogP contribution in [0.5, 0.6) is 5.75 Å². The molecule has 0 spiro atoms. The number of para-hydroxylation sites is 1. The highest BCUT2D eigenvalue weighted by molar-refractivity contribution is 5.68. The molecule has 3 N–H and O–H groups in total. The topological polar surface area (TPSA) is 47.3 Å². The van der Waals surface area contributed by atoms with Crippen LogP contribution < -0.4 is 15.8 Å². The second-order valence-electron chi connectivity index (χ2n) is 4.98. The summed E-state index contributed by atoms with van der Waals surface area (Å²) < 4.78 is 19.4. The van der Waals surface area contributed by atoms with Crippen molar-refractivity contribution in [1.29, 1.82) is 0 Å². The summed E-state index contributed by atoms with van der Waals surface area (Å²) in [6.45, 7) is 5.72. The van der Waals surface area contributed by atoms with Gasteiger partial charge in [-0.05, 0) is 44.5 Å². The minimum Gasteiger partial charge on any atom is -0.489 e. The van der Waals surface area contributed by atoms with Crippen LogP contribution in [0, 0.1) is 12.7 Å². The Balaban J connectivity index is 2.30. The average molecular weight is 274 g/mol. The van der Waals surface area contributed by atoms with E-state index in [0.717, 1.165) is 11.3 Å². The van der Waals surface area contributed by atoms with Crippen LogP contribution in [-0.4, -0.2) is 6.10 Å². The molecule has 0 saturated carbocycles. The number of ether oxygens (including phenoxy) is 1. The smallest absolute Gasteiger partial charge is 0.146 e. The number of rotatable bonds is 4. The number of nitrogens with two attached hydrogens (primary N) is 1. The van der Waals surface area contributed by atoms with E-state index >= 15 is 0 Å². The molecular weight excluding hydrogens is 255 g/mol. The number of benzene rings is 2. The Hall–Kier alpha value is -2.23. The van der Waals surface area contributed by atoms with E-state index in [1.54, 1.807) is 24.3 Å². The van der Waals surface area contributed by atoms with Crippen LogP contribution in [0.25, 0.3) is 0 Å². The van der Waals surface area contributed by atoms with Gasteiger partial charge in [-0.25, -0.2) is 4.39 Å². The van der Waals surface area contributed by atoms with Crippen LogP contribution >= 0.6 is 0 Å². The second kappa shape index (κ2) is 5.82. The molecule has 0 saturated heterocycles. The Morgan fingerprint density at radius 1 is 1.20 bits per heavy atom. The summed E-state index contributed by atoms with van der Waals surface area (Å²) in [5.74, 6) is 0.312. The second-order valence-corrected chi connectivity index (χ2v) is 4.98. The van der Waals surface area contributed by atoms with E-state index in [0.29, 0.717) is 17.1 Å². The summed E-state index contributed by atoms with van der Waals surface area (Å²) in [7, 11) is 0. The molecule has 4 heteroatoms. The van der Waals surface area contributed by atoms with Crippen molar-refractivity contribution >= 4 is 17.1 Å². The molecule has 2 aromatic rings. The standard InChI is InChI=1S/C16H19FN2O/c1-10(2)20-15-9-12(7-8-14(15)18)19-16-11(3)5-4-6-13(16)17/h4-10,19H,18H2,1-3H3. The van der Waals surface area contributed by atoms with Crippen LogP contribution in [-0.2, 0) is 0 Å². The summed E-state index contributed by atoms with van der Waals surface area (Å²) in [5, 5.41) is 3.07. The van der Waals surface area contributed by atoms with Gasteiger partial charge < -0.3 is 15.8 Å². The van der Waals surface area contributed by atoms with Gasteiger partial charge in [0, 0.05) is 11.8 Å². The number of hydrogen-bond acceptors (Lipinski definition) is 3. The fourth-order valence-corrected chi connectivity index (χ4v) is 1.90. The molecule has 20 heavy (non-hydrogen) atoms. The zero-order chi connectivity index (χ0) is 14.7. The molecule has 2 rings (SSSR count). The van der Waals surface area contributed by atoms with E-state index in [4.69, 9.17) is 10.5 Å². The molecule has 0 radical (unpaired) electrons. The lowest BCUT2D eigenvalue weighted by atomic mass is 10.1. The third-order valence-corrected chi connectivity index (χ3v) is 2.87. The fraction of sp³-hybridized carbons (Fsp3) is 0.250. The molecule has 3 nitrogen and oxygen atoms in total. The molecule has 0 bridgehead atoms. The largest absolute Gasteiger partial charge is 0.489 e. The Bertz CT molecular complexity index is 591. The average Bonchev–Trinajstić information content (AvgIpc) is 2.37. The van der Waals surface area contributed by atoms with Crippen LogP contribution in [0.15, 0.2) is 36.4 Å². The number of anilines is 3. The van der Waals surface area contributed by atoms with Crippen LogP contribution in [0.1, 0.15) is 19.4 Å². The summed E-state index contributed by atoms with van der Waals surface area (Å²) in [6, 6.07) is 10.3. The van der Waals surface area contributed by atoms with Gasteiger partial charge in [-0.15, -0.1) is 0 Å². The molecule has 0 amide bonds. The molecule has 0 heterocycles. The minimum absolute atomic E-state index is 0.0303. The van der Waals surface area contributed by atoms with Crippen molar-refractivity contribution < 1.29 is 9.13 Å². The van der Waals surface area contributed by atoms with Gasteiger partial charge in [-0.3, -0.25) is 0 Å². The third kappa shape index (κ3) is 3.20. The van der Waals surface area contributed by atoms with Crippen LogP contribution in [0.2, 0.25) is 0 Å². The van der Waals surface area contributed by atoms with Gasteiger partial charge in [0.25, 0.3) is 0 Å². The Morgan fingerprint density at radius 3 is 2.60 bits per heavy atom. The van der Waals surface area contributed by atoms with Crippen molar-refractivity contribution in [2.75, 3.05) is 11.1 Å². The summed E-state index contributed by atoms with van der Waals surface area (Å²) in [6.07, 6.45) is 0.0303. The van der Waals surface area contributed by atoms with Gasteiger partial charge >= 0.3 is 0 Å². The van der Waals surface area contributed by atoms with Crippen molar-refractivity contribution in [3.05, 3.63) is 47.8 Å². The predicted octanol–water partition coefficient (Wildman–Crippen LogP) is 4.25. The maximum atomic E-state index is 13.8.